The first-order valence-electron chi connectivity index (χ1n) is 6.69. The summed E-state index contributed by atoms with van der Waals surface area (Å²) in [7, 11) is 1.44. The molecule has 0 spiro atoms. The van der Waals surface area contributed by atoms with Crippen molar-refractivity contribution in [2.45, 2.75) is 56.6 Å². The molecule has 0 aromatic rings. The van der Waals surface area contributed by atoms with Gasteiger partial charge in [0.1, 0.15) is 6.04 Å². The fraction of sp³-hybridized carbons (Fsp3) is 0.923. The van der Waals surface area contributed by atoms with Gasteiger partial charge in [0.05, 0.1) is 12.7 Å². The van der Waals surface area contributed by atoms with E-state index in [9.17, 15) is 9.90 Å². The molecule has 0 amide bonds. The Morgan fingerprint density at radius 2 is 2.06 bits per heavy atom. The fourth-order valence-corrected chi connectivity index (χ4v) is 3.15. The van der Waals surface area contributed by atoms with Gasteiger partial charge in [-0.3, -0.25) is 9.69 Å². The molecule has 98 valence electrons. The molecular formula is C13H23NO3. The lowest BCUT2D eigenvalue weighted by Crippen LogP contribution is -2.51. The molecule has 1 saturated carbocycles. The number of carbonyl (C=O) groups is 1. The Morgan fingerprint density at radius 1 is 1.35 bits per heavy atom. The summed E-state index contributed by atoms with van der Waals surface area (Å²) in [5.41, 5.74) is -0.566. The van der Waals surface area contributed by atoms with E-state index in [1.165, 1.54) is 7.11 Å². The van der Waals surface area contributed by atoms with Crippen molar-refractivity contribution in [1.29, 1.82) is 0 Å². The van der Waals surface area contributed by atoms with Crippen LogP contribution in [0.1, 0.15) is 44.9 Å². The van der Waals surface area contributed by atoms with Gasteiger partial charge in [-0.05, 0) is 32.2 Å². The molecule has 2 aliphatic rings. The lowest BCUT2D eigenvalue weighted by atomic mass is 9.96. The number of likely N-dealkylation sites (tertiary alicyclic amines) is 1. The van der Waals surface area contributed by atoms with Gasteiger partial charge >= 0.3 is 5.97 Å². The quantitative estimate of drug-likeness (QED) is 0.757. The zero-order valence-electron chi connectivity index (χ0n) is 10.7. The smallest absolute Gasteiger partial charge is 0.323 e. The highest BCUT2D eigenvalue weighted by atomic mass is 16.5. The predicted molar refractivity (Wildman–Crippen MR) is 64.6 cm³/mol. The van der Waals surface area contributed by atoms with Crippen molar-refractivity contribution in [1.82, 2.24) is 4.90 Å². The lowest BCUT2D eigenvalue weighted by molar-refractivity contribution is -0.149. The number of aliphatic hydroxyl groups is 1. The van der Waals surface area contributed by atoms with Crippen LogP contribution in [0.4, 0.5) is 0 Å². The fourth-order valence-electron chi connectivity index (χ4n) is 3.15. The maximum Gasteiger partial charge on any atom is 0.323 e. The number of nitrogens with zero attached hydrogens (tertiary/aromatic N) is 1. The standard InChI is InChI=1S/C13H23NO3/c1-17-12(15)11-6-2-5-9-14(11)10-13(16)7-3-4-8-13/h11,16H,2-10H2,1H3. The zero-order valence-corrected chi connectivity index (χ0v) is 10.7. The van der Waals surface area contributed by atoms with Crippen molar-refractivity contribution >= 4 is 5.97 Å². The molecule has 2 rings (SSSR count). The van der Waals surface area contributed by atoms with Crippen molar-refractivity contribution in [3.63, 3.8) is 0 Å². The minimum atomic E-state index is -0.566. The number of methoxy groups -OCH3 is 1. The number of piperidine rings is 1. The summed E-state index contributed by atoms with van der Waals surface area (Å²) >= 11 is 0. The molecular weight excluding hydrogens is 218 g/mol. The highest BCUT2D eigenvalue weighted by Gasteiger charge is 2.38. The van der Waals surface area contributed by atoms with Crippen LogP contribution in [0.25, 0.3) is 0 Å². The average Bonchev–Trinajstić information content (AvgIpc) is 2.75. The van der Waals surface area contributed by atoms with Crippen LogP contribution in [0.5, 0.6) is 0 Å². The van der Waals surface area contributed by atoms with Crippen molar-refractivity contribution < 1.29 is 14.6 Å². The zero-order chi connectivity index (χ0) is 12.3. The van der Waals surface area contributed by atoms with Crippen molar-refractivity contribution in [3.8, 4) is 0 Å². The molecule has 0 bridgehead atoms. The van der Waals surface area contributed by atoms with Gasteiger partial charge in [-0.15, -0.1) is 0 Å². The Bertz CT molecular complexity index is 274. The molecule has 1 heterocycles. The van der Waals surface area contributed by atoms with Crippen molar-refractivity contribution in [2.75, 3.05) is 20.2 Å². The molecule has 1 atom stereocenters. The van der Waals surface area contributed by atoms with Crippen LogP contribution in [0, 0.1) is 0 Å². The lowest BCUT2D eigenvalue weighted by Gasteiger charge is -2.38. The first-order valence-corrected chi connectivity index (χ1v) is 6.69. The maximum absolute atomic E-state index is 11.7. The number of ether oxygens (including phenoxy) is 1. The number of hydrogen-bond acceptors (Lipinski definition) is 4. The van der Waals surface area contributed by atoms with E-state index in [0.29, 0.717) is 6.54 Å². The molecule has 17 heavy (non-hydrogen) atoms. The van der Waals surface area contributed by atoms with Crippen LogP contribution < -0.4 is 0 Å². The van der Waals surface area contributed by atoms with Crippen LogP contribution in [-0.4, -0.2) is 47.8 Å². The van der Waals surface area contributed by atoms with E-state index in [2.05, 4.69) is 4.90 Å². The molecule has 1 N–H and O–H groups in total. The SMILES string of the molecule is COC(=O)C1CCCCN1CC1(O)CCCC1. The van der Waals surface area contributed by atoms with Crippen LogP contribution in [0.3, 0.4) is 0 Å². The largest absolute Gasteiger partial charge is 0.468 e. The second-order valence-electron chi connectivity index (χ2n) is 5.44. The Hall–Kier alpha value is -0.610. The third-order valence-electron chi connectivity index (χ3n) is 4.12. The van der Waals surface area contributed by atoms with Gasteiger partial charge in [0.15, 0.2) is 0 Å². The molecule has 4 heteroatoms. The molecule has 1 aliphatic carbocycles. The molecule has 0 aromatic carbocycles. The summed E-state index contributed by atoms with van der Waals surface area (Å²) in [6.45, 7) is 1.54. The number of hydrogen-bond donors (Lipinski definition) is 1. The van der Waals surface area contributed by atoms with Gasteiger partial charge in [-0.2, -0.15) is 0 Å². The van der Waals surface area contributed by atoms with E-state index < -0.39 is 5.60 Å². The van der Waals surface area contributed by atoms with Gasteiger partial charge in [0.2, 0.25) is 0 Å². The van der Waals surface area contributed by atoms with E-state index in [1.807, 2.05) is 0 Å². The second-order valence-corrected chi connectivity index (χ2v) is 5.44. The summed E-state index contributed by atoms with van der Waals surface area (Å²) < 4.78 is 4.86. The number of rotatable bonds is 3. The Kier molecular flexibility index (Phi) is 4.05. The van der Waals surface area contributed by atoms with E-state index in [-0.39, 0.29) is 12.0 Å². The van der Waals surface area contributed by atoms with Crippen molar-refractivity contribution in [3.05, 3.63) is 0 Å². The third kappa shape index (κ3) is 2.99. The summed E-state index contributed by atoms with van der Waals surface area (Å²) in [5, 5.41) is 10.4. The first kappa shape index (κ1) is 12.8. The molecule has 0 aromatic heterocycles. The number of carbonyl (C=O) groups excluding carboxylic acids is 1. The molecule has 1 aliphatic heterocycles. The van der Waals surface area contributed by atoms with E-state index in [1.54, 1.807) is 0 Å². The van der Waals surface area contributed by atoms with Gasteiger partial charge in [0, 0.05) is 6.54 Å². The summed E-state index contributed by atoms with van der Waals surface area (Å²) in [6, 6.07) is -0.140. The molecule has 1 saturated heterocycles. The van der Waals surface area contributed by atoms with Gasteiger partial charge in [-0.25, -0.2) is 0 Å². The van der Waals surface area contributed by atoms with E-state index in [4.69, 9.17) is 4.74 Å². The van der Waals surface area contributed by atoms with Gasteiger partial charge < -0.3 is 9.84 Å². The third-order valence-corrected chi connectivity index (χ3v) is 4.12. The predicted octanol–water partition coefficient (Wildman–Crippen LogP) is 1.32. The Labute approximate surface area is 103 Å². The summed E-state index contributed by atoms with van der Waals surface area (Å²) in [5.74, 6) is -0.147. The molecule has 0 radical (unpaired) electrons. The van der Waals surface area contributed by atoms with Crippen molar-refractivity contribution in [2.24, 2.45) is 0 Å². The normalized spacial score (nSPS) is 29.2. The highest BCUT2D eigenvalue weighted by molar-refractivity contribution is 5.75. The van der Waals surface area contributed by atoms with E-state index >= 15 is 0 Å². The van der Waals surface area contributed by atoms with Crippen LogP contribution >= 0.6 is 0 Å². The minimum absolute atomic E-state index is 0.140. The number of β-amino-alcohol motifs (C(OH)–C–C–N with tert-alkyl or cyclic N) is 1. The monoisotopic (exact) mass is 241 g/mol. The van der Waals surface area contributed by atoms with Crippen LogP contribution in [-0.2, 0) is 9.53 Å². The molecule has 2 fully saturated rings. The topological polar surface area (TPSA) is 49.8 Å². The maximum atomic E-state index is 11.7. The van der Waals surface area contributed by atoms with Gasteiger partial charge in [0.25, 0.3) is 0 Å². The summed E-state index contributed by atoms with van der Waals surface area (Å²) in [6.07, 6.45) is 7.01. The van der Waals surface area contributed by atoms with Gasteiger partial charge in [-0.1, -0.05) is 19.3 Å². The first-order chi connectivity index (χ1) is 8.14. The van der Waals surface area contributed by atoms with E-state index in [0.717, 1.165) is 51.5 Å². The summed E-state index contributed by atoms with van der Waals surface area (Å²) in [4.78, 5) is 13.8. The Morgan fingerprint density at radius 3 is 2.71 bits per heavy atom. The Balaban J connectivity index is 1.98. The minimum Gasteiger partial charge on any atom is -0.468 e. The van der Waals surface area contributed by atoms with Crippen LogP contribution in [0.15, 0.2) is 0 Å². The highest BCUT2D eigenvalue weighted by Crippen LogP contribution is 2.32. The number of esters is 1. The second kappa shape index (κ2) is 5.36. The molecule has 1 unspecified atom stereocenters. The molecule has 4 nitrogen and oxygen atoms in total. The average molecular weight is 241 g/mol. The van der Waals surface area contributed by atoms with Crippen LogP contribution in [0.2, 0.25) is 0 Å².